The Bertz CT molecular complexity index is 445. The third-order valence-corrected chi connectivity index (χ3v) is 3.86. The van der Waals surface area contributed by atoms with E-state index in [0.717, 1.165) is 31.5 Å². The fourth-order valence-electron chi connectivity index (χ4n) is 2.37. The molecule has 1 fully saturated rings. The summed E-state index contributed by atoms with van der Waals surface area (Å²) in [7, 11) is 0. The smallest absolute Gasteiger partial charge is 0.191 e. The van der Waals surface area contributed by atoms with Crippen molar-refractivity contribution >= 4 is 41.5 Å². The molecule has 0 bridgehead atoms. The van der Waals surface area contributed by atoms with Crippen LogP contribution in [0.5, 0.6) is 0 Å². The minimum Gasteiger partial charge on any atom is -0.386 e. The van der Waals surface area contributed by atoms with Crippen LogP contribution in [-0.4, -0.2) is 35.6 Å². The summed E-state index contributed by atoms with van der Waals surface area (Å²) in [5.41, 5.74) is 6.82. The Hall–Kier alpha value is -0.530. The number of nitrogens with zero attached hydrogens (tertiary/aromatic N) is 2. The molecule has 2 rings (SSSR count). The number of nitrogens with two attached hydrogens (primary N) is 1. The second kappa shape index (κ2) is 9.48. The molecule has 1 aromatic rings. The van der Waals surface area contributed by atoms with Gasteiger partial charge in [-0.1, -0.05) is 36.6 Å². The number of likely N-dealkylation sites (tertiary alicyclic amines) is 1. The van der Waals surface area contributed by atoms with Crippen LogP contribution in [0.1, 0.15) is 37.4 Å². The van der Waals surface area contributed by atoms with Crippen molar-refractivity contribution in [3.05, 3.63) is 34.9 Å². The van der Waals surface area contributed by atoms with E-state index in [1.807, 2.05) is 12.1 Å². The molecule has 1 aromatic carbocycles. The van der Waals surface area contributed by atoms with Crippen molar-refractivity contribution in [2.45, 2.75) is 31.8 Å². The number of rotatable bonds is 3. The van der Waals surface area contributed by atoms with Crippen molar-refractivity contribution in [3.63, 3.8) is 0 Å². The van der Waals surface area contributed by atoms with Gasteiger partial charge in [-0.25, -0.2) is 0 Å². The summed E-state index contributed by atoms with van der Waals surface area (Å²) in [6.07, 6.45) is 4.21. The molecule has 0 saturated carbocycles. The van der Waals surface area contributed by atoms with Crippen molar-refractivity contribution in [2.24, 2.45) is 10.7 Å². The Labute approximate surface area is 148 Å². The third kappa shape index (κ3) is 6.00. The molecular weight excluding hydrogens is 401 g/mol. The molecule has 4 nitrogen and oxygen atoms in total. The largest absolute Gasteiger partial charge is 0.386 e. The lowest BCUT2D eigenvalue weighted by atomic mass is 10.1. The van der Waals surface area contributed by atoms with Crippen molar-refractivity contribution < 1.29 is 5.11 Å². The van der Waals surface area contributed by atoms with Crippen molar-refractivity contribution in [1.29, 1.82) is 0 Å². The molecule has 6 heteroatoms. The highest BCUT2D eigenvalue weighted by Crippen LogP contribution is 2.17. The maximum Gasteiger partial charge on any atom is 0.191 e. The van der Waals surface area contributed by atoms with E-state index in [1.165, 1.54) is 12.8 Å². The number of hydrogen-bond donors (Lipinski definition) is 2. The molecule has 0 amide bonds. The lowest BCUT2D eigenvalue weighted by Crippen LogP contribution is -2.38. The molecule has 1 heterocycles. The van der Waals surface area contributed by atoms with Crippen LogP contribution < -0.4 is 5.73 Å². The number of aliphatic hydroxyl groups is 1. The van der Waals surface area contributed by atoms with E-state index in [4.69, 9.17) is 17.3 Å². The van der Waals surface area contributed by atoms with Crippen LogP contribution in [0.4, 0.5) is 0 Å². The molecule has 1 aliphatic heterocycles. The monoisotopic (exact) mass is 423 g/mol. The molecule has 0 radical (unpaired) electrons. The first-order chi connectivity index (χ1) is 9.66. The minimum atomic E-state index is -0.641. The van der Waals surface area contributed by atoms with Crippen LogP contribution >= 0.6 is 35.6 Å². The quantitative estimate of drug-likeness (QED) is 0.446. The van der Waals surface area contributed by atoms with E-state index < -0.39 is 6.10 Å². The molecule has 0 aromatic heterocycles. The summed E-state index contributed by atoms with van der Waals surface area (Å²) in [6.45, 7) is 2.21. The molecule has 0 aliphatic carbocycles. The highest BCUT2D eigenvalue weighted by molar-refractivity contribution is 14.0. The van der Waals surface area contributed by atoms with E-state index in [9.17, 15) is 5.11 Å². The maximum absolute atomic E-state index is 10.1. The van der Waals surface area contributed by atoms with Crippen molar-refractivity contribution in [1.82, 2.24) is 4.90 Å². The molecule has 21 heavy (non-hydrogen) atoms. The van der Waals surface area contributed by atoms with Crippen molar-refractivity contribution in [2.75, 3.05) is 19.6 Å². The van der Waals surface area contributed by atoms with Gasteiger partial charge in [-0.2, -0.15) is 0 Å². The lowest BCUT2D eigenvalue weighted by molar-refractivity contribution is 0.186. The molecule has 1 unspecified atom stereocenters. The standard InChI is InChI=1S/C15H22ClN3O.HI/c16-13-7-5-12(6-8-13)14(20)11-18-15(17)19-9-3-1-2-4-10-19;/h5-8,14,20H,1-4,9-11H2,(H2,17,18);1H. The molecular formula is C15H23ClIN3O. The number of hydrogen-bond acceptors (Lipinski definition) is 2. The molecule has 3 N–H and O–H groups in total. The van der Waals surface area contributed by atoms with Gasteiger partial charge in [0.05, 0.1) is 12.6 Å². The second-order valence-corrected chi connectivity index (χ2v) is 5.60. The predicted octanol–water partition coefficient (Wildman–Crippen LogP) is 3.18. The van der Waals surface area contributed by atoms with Gasteiger partial charge in [0.25, 0.3) is 0 Å². The summed E-state index contributed by atoms with van der Waals surface area (Å²) in [4.78, 5) is 6.44. The van der Waals surface area contributed by atoms with Crippen LogP contribution in [0.25, 0.3) is 0 Å². The normalized spacial score (nSPS) is 17.8. The fourth-order valence-corrected chi connectivity index (χ4v) is 2.50. The Morgan fingerprint density at radius 3 is 2.33 bits per heavy atom. The van der Waals surface area contributed by atoms with Gasteiger partial charge in [0.1, 0.15) is 0 Å². The fraction of sp³-hybridized carbons (Fsp3) is 0.533. The highest BCUT2D eigenvalue weighted by Gasteiger charge is 2.12. The first-order valence-corrected chi connectivity index (χ1v) is 7.53. The topological polar surface area (TPSA) is 61.9 Å². The highest BCUT2D eigenvalue weighted by atomic mass is 127. The van der Waals surface area contributed by atoms with Gasteiger partial charge in [0, 0.05) is 18.1 Å². The van der Waals surface area contributed by atoms with Crippen LogP contribution in [0.2, 0.25) is 5.02 Å². The van der Waals surface area contributed by atoms with Gasteiger partial charge in [0.15, 0.2) is 5.96 Å². The van der Waals surface area contributed by atoms with Gasteiger partial charge in [-0.3, -0.25) is 4.99 Å². The molecule has 1 aliphatic rings. The Balaban J connectivity index is 0.00000220. The zero-order valence-corrected chi connectivity index (χ0v) is 15.1. The molecule has 1 atom stereocenters. The van der Waals surface area contributed by atoms with E-state index in [2.05, 4.69) is 9.89 Å². The number of benzene rings is 1. The van der Waals surface area contributed by atoms with Gasteiger partial charge < -0.3 is 15.7 Å². The minimum absolute atomic E-state index is 0. The van der Waals surface area contributed by atoms with Gasteiger partial charge >= 0.3 is 0 Å². The first kappa shape index (κ1) is 18.5. The molecule has 0 spiro atoms. The molecule has 1 saturated heterocycles. The lowest BCUT2D eigenvalue weighted by Gasteiger charge is -2.21. The van der Waals surface area contributed by atoms with Crippen LogP contribution in [0.3, 0.4) is 0 Å². The number of aliphatic hydroxyl groups excluding tert-OH is 1. The van der Waals surface area contributed by atoms with Crippen LogP contribution in [-0.2, 0) is 0 Å². The van der Waals surface area contributed by atoms with Crippen molar-refractivity contribution in [3.8, 4) is 0 Å². The average molecular weight is 424 g/mol. The summed E-state index contributed by atoms with van der Waals surface area (Å²) in [5, 5.41) is 10.8. The van der Waals surface area contributed by atoms with E-state index in [0.29, 0.717) is 11.0 Å². The number of aliphatic imine (C=N–C) groups is 1. The number of guanidine groups is 1. The summed E-state index contributed by atoms with van der Waals surface area (Å²) in [6, 6.07) is 7.15. The second-order valence-electron chi connectivity index (χ2n) is 5.17. The molecule has 118 valence electrons. The maximum atomic E-state index is 10.1. The Morgan fingerprint density at radius 1 is 1.19 bits per heavy atom. The van der Waals surface area contributed by atoms with E-state index in [1.54, 1.807) is 12.1 Å². The van der Waals surface area contributed by atoms with Crippen LogP contribution in [0, 0.1) is 0 Å². The van der Waals surface area contributed by atoms with Crippen LogP contribution in [0.15, 0.2) is 29.3 Å². The van der Waals surface area contributed by atoms with E-state index in [-0.39, 0.29) is 30.5 Å². The third-order valence-electron chi connectivity index (χ3n) is 3.61. The zero-order valence-electron chi connectivity index (χ0n) is 12.0. The first-order valence-electron chi connectivity index (χ1n) is 7.15. The van der Waals surface area contributed by atoms with Gasteiger partial charge in [-0.05, 0) is 30.5 Å². The predicted molar refractivity (Wildman–Crippen MR) is 98.4 cm³/mol. The summed E-state index contributed by atoms with van der Waals surface area (Å²) < 4.78 is 0. The average Bonchev–Trinajstić information content (AvgIpc) is 2.74. The van der Waals surface area contributed by atoms with Gasteiger partial charge in [-0.15, -0.1) is 24.0 Å². The summed E-state index contributed by atoms with van der Waals surface area (Å²) >= 11 is 5.83. The van der Waals surface area contributed by atoms with Gasteiger partial charge in [0.2, 0.25) is 0 Å². The number of halogens is 2. The zero-order chi connectivity index (χ0) is 14.4. The SMILES string of the molecule is I.NC(=NCC(O)c1ccc(Cl)cc1)N1CCCCCC1. The summed E-state index contributed by atoms with van der Waals surface area (Å²) in [5.74, 6) is 0.542. The Morgan fingerprint density at radius 2 is 1.76 bits per heavy atom. The van der Waals surface area contributed by atoms with E-state index >= 15 is 0 Å². The Kier molecular flexibility index (Phi) is 8.36.